The average Bonchev–Trinajstić information content (AvgIpc) is 2.54. The normalized spacial score (nSPS) is 33.7. The number of aliphatic hydroxyl groups is 1. The molecule has 1 heterocycles. The molecule has 17 heteroatoms. The van der Waals surface area contributed by atoms with E-state index in [1.54, 1.807) is 0 Å². The molecular weight excluding hydrogens is 479 g/mol. The number of hydrogen-bond acceptors (Lipinski definition) is 4. The zero-order chi connectivity index (χ0) is 25.3. The first-order chi connectivity index (χ1) is 13.3. The van der Waals surface area contributed by atoms with Gasteiger partial charge in [-0.05, 0) is 13.3 Å². The Hall–Kier alpha value is -1.78. The van der Waals surface area contributed by atoms with Crippen LogP contribution in [0.3, 0.4) is 0 Å². The second-order valence-corrected chi connectivity index (χ2v) is 6.48. The molecule has 31 heavy (non-hydrogen) atoms. The van der Waals surface area contributed by atoms with Crippen molar-refractivity contribution in [3.8, 4) is 0 Å². The fourth-order valence-corrected chi connectivity index (χ4v) is 2.65. The summed E-state index contributed by atoms with van der Waals surface area (Å²) in [5.41, 5.74) is -14.1. The molecule has 1 saturated heterocycles. The molecule has 0 bridgehead atoms. The van der Waals surface area contributed by atoms with Gasteiger partial charge in [0.15, 0.2) is 0 Å². The minimum Gasteiger partial charge on any atom is -0.414 e. The van der Waals surface area contributed by atoms with Crippen LogP contribution in [0.1, 0.15) is 20.3 Å². The van der Waals surface area contributed by atoms with E-state index < -0.39 is 72.3 Å². The standard InChI is InChI=1S/C14H11F13O4/c1-4-8(29)10(18,19)7(3,13(22,23)24)31-12(11(8,20)21,14(25,26)27)30-6(28)5(2)9(15,16)17/h29H,2,4H2,1,3H3. The maximum absolute atomic E-state index is 14.7. The van der Waals surface area contributed by atoms with Gasteiger partial charge in [-0.1, -0.05) is 13.5 Å². The lowest BCUT2D eigenvalue weighted by atomic mass is 9.70. The molecule has 1 aliphatic heterocycles. The number of alkyl halides is 13. The van der Waals surface area contributed by atoms with E-state index >= 15 is 0 Å². The highest BCUT2D eigenvalue weighted by atomic mass is 19.4. The lowest BCUT2D eigenvalue weighted by Crippen LogP contribution is -2.87. The molecule has 3 unspecified atom stereocenters. The summed E-state index contributed by atoms with van der Waals surface area (Å²) in [7, 11) is 0. The Balaban J connectivity index is 4.01. The van der Waals surface area contributed by atoms with Crippen molar-refractivity contribution < 1.29 is 76.5 Å². The average molecular weight is 490 g/mol. The Morgan fingerprint density at radius 2 is 1.35 bits per heavy atom. The van der Waals surface area contributed by atoms with Crippen molar-refractivity contribution in [3.63, 3.8) is 0 Å². The van der Waals surface area contributed by atoms with Gasteiger partial charge in [0.1, 0.15) is 5.57 Å². The fourth-order valence-electron chi connectivity index (χ4n) is 2.65. The van der Waals surface area contributed by atoms with E-state index in [4.69, 9.17) is 0 Å². The molecule has 1 N–H and O–H groups in total. The summed E-state index contributed by atoms with van der Waals surface area (Å²) >= 11 is 0. The number of carbonyl (C=O) groups is 1. The van der Waals surface area contributed by atoms with Gasteiger partial charge in [-0.25, -0.2) is 4.79 Å². The van der Waals surface area contributed by atoms with E-state index in [1.807, 2.05) is 6.58 Å². The lowest BCUT2D eigenvalue weighted by molar-refractivity contribution is -0.554. The molecule has 1 aliphatic rings. The summed E-state index contributed by atoms with van der Waals surface area (Å²) < 4.78 is 182. The number of hydrogen-bond donors (Lipinski definition) is 1. The number of ether oxygens (including phenoxy) is 2. The van der Waals surface area contributed by atoms with Gasteiger partial charge in [0, 0.05) is 0 Å². The van der Waals surface area contributed by atoms with Crippen LogP contribution in [0.25, 0.3) is 0 Å². The molecule has 1 rings (SSSR count). The number of carbonyl (C=O) groups excluding carboxylic acids is 1. The van der Waals surface area contributed by atoms with Gasteiger partial charge in [-0.3, -0.25) is 0 Å². The van der Waals surface area contributed by atoms with Crippen molar-refractivity contribution in [1.82, 2.24) is 0 Å². The van der Waals surface area contributed by atoms with Crippen molar-refractivity contribution in [2.45, 2.75) is 67.6 Å². The van der Waals surface area contributed by atoms with Crippen molar-refractivity contribution >= 4 is 5.97 Å². The molecule has 0 saturated carbocycles. The van der Waals surface area contributed by atoms with Crippen molar-refractivity contribution in [3.05, 3.63) is 12.2 Å². The van der Waals surface area contributed by atoms with Gasteiger partial charge in [-0.15, -0.1) is 0 Å². The summed E-state index contributed by atoms with van der Waals surface area (Å²) in [6.07, 6.45) is -21.9. The molecule has 0 aliphatic carbocycles. The van der Waals surface area contributed by atoms with Crippen LogP contribution in [0, 0.1) is 0 Å². The molecule has 182 valence electrons. The molecule has 3 atom stereocenters. The minimum atomic E-state index is -7.08. The molecular formula is C14H11F13O4. The summed E-state index contributed by atoms with van der Waals surface area (Å²) in [5.74, 6) is -22.7. The third kappa shape index (κ3) is 3.34. The van der Waals surface area contributed by atoms with E-state index in [1.165, 1.54) is 0 Å². The number of esters is 1. The highest BCUT2D eigenvalue weighted by molar-refractivity contribution is 5.89. The Morgan fingerprint density at radius 3 is 1.65 bits per heavy atom. The van der Waals surface area contributed by atoms with Crippen LogP contribution in [0.4, 0.5) is 57.1 Å². The van der Waals surface area contributed by atoms with Crippen LogP contribution in [0.2, 0.25) is 0 Å². The highest BCUT2D eigenvalue weighted by Gasteiger charge is 2.95. The van der Waals surface area contributed by atoms with Crippen LogP contribution in [0.5, 0.6) is 0 Å². The quantitative estimate of drug-likeness (QED) is 0.355. The maximum Gasteiger partial charge on any atom is 0.462 e. The van der Waals surface area contributed by atoms with Gasteiger partial charge in [-0.2, -0.15) is 57.1 Å². The molecule has 0 aromatic rings. The zero-order valence-electron chi connectivity index (χ0n) is 15.0. The van der Waals surface area contributed by atoms with Gasteiger partial charge in [0.25, 0.3) is 0 Å². The van der Waals surface area contributed by atoms with Gasteiger partial charge < -0.3 is 14.6 Å². The number of rotatable bonds is 3. The topological polar surface area (TPSA) is 55.8 Å². The largest absolute Gasteiger partial charge is 0.462 e. The van der Waals surface area contributed by atoms with Crippen molar-refractivity contribution in [2.24, 2.45) is 0 Å². The summed E-state index contributed by atoms with van der Waals surface area (Å²) in [4.78, 5) is 11.4. The van der Waals surface area contributed by atoms with E-state index in [0.717, 1.165) is 0 Å². The lowest BCUT2D eigenvalue weighted by Gasteiger charge is -2.59. The van der Waals surface area contributed by atoms with E-state index in [0.29, 0.717) is 0 Å². The summed E-state index contributed by atoms with van der Waals surface area (Å²) in [5, 5.41) is 9.73. The molecule has 0 aromatic carbocycles. The Morgan fingerprint density at radius 1 is 0.935 bits per heavy atom. The highest BCUT2D eigenvalue weighted by Crippen LogP contribution is 2.66. The molecule has 1 fully saturated rings. The first-order valence-electron chi connectivity index (χ1n) is 7.62. The summed E-state index contributed by atoms with van der Waals surface area (Å²) in [6.45, 7) is 1.17. The first kappa shape index (κ1) is 27.3. The monoisotopic (exact) mass is 490 g/mol. The Labute approximate surface area is 163 Å². The molecule has 0 aromatic heterocycles. The van der Waals surface area contributed by atoms with Crippen molar-refractivity contribution in [1.29, 1.82) is 0 Å². The number of halogens is 13. The Bertz CT molecular complexity index is 747. The Kier molecular flexibility index (Phi) is 6.03. The smallest absolute Gasteiger partial charge is 0.414 e. The van der Waals surface area contributed by atoms with E-state index in [9.17, 15) is 67.0 Å². The predicted octanol–water partition coefficient (Wildman–Crippen LogP) is 4.67. The van der Waals surface area contributed by atoms with Crippen LogP contribution in [-0.2, 0) is 14.3 Å². The molecule has 0 spiro atoms. The molecule has 0 radical (unpaired) electrons. The van der Waals surface area contributed by atoms with Crippen molar-refractivity contribution in [2.75, 3.05) is 0 Å². The minimum absolute atomic E-state index is 0.127. The third-order valence-electron chi connectivity index (χ3n) is 4.65. The zero-order valence-corrected chi connectivity index (χ0v) is 15.0. The molecule has 4 nitrogen and oxygen atoms in total. The second-order valence-electron chi connectivity index (χ2n) is 6.48. The fraction of sp³-hybridized carbons (Fsp3) is 0.786. The van der Waals surface area contributed by atoms with E-state index in [2.05, 4.69) is 9.47 Å². The van der Waals surface area contributed by atoms with Gasteiger partial charge >= 0.3 is 42.1 Å². The third-order valence-corrected chi connectivity index (χ3v) is 4.65. The SMILES string of the molecule is C=C(C(=O)OC1(C(F)(F)F)OC(C)(C(F)(F)F)C(F)(F)C(O)(CC)C1(F)F)C(F)(F)F. The van der Waals surface area contributed by atoms with Crippen LogP contribution in [-0.4, -0.2) is 58.4 Å². The van der Waals surface area contributed by atoms with Gasteiger partial charge in [0.05, 0.1) is 0 Å². The van der Waals surface area contributed by atoms with Crippen LogP contribution < -0.4 is 0 Å². The summed E-state index contributed by atoms with van der Waals surface area (Å²) in [6, 6.07) is 0. The molecule has 0 amide bonds. The maximum atomic E-state index is 14.7. The first-order valence-corrected chi connectivity index (χ1v) is 7.62. The predicted molar refractivity (Wildman–Crippen MR) is 70.8 cm³/mol. The van der Waals surface area contributed by atoms with Crippen LogP contribution in [0.15, 0.2) is 12.2 Å². The van der Waals surface area contributed by atoms with Gasteiger partial charge in [0.2, 0.25) is 11.2 Å². The van der Waals surface area contributed by atoms with E-state index in [-0.39, 0.29) is 6.92 Å². The second kappa shape index (κ2) is 6.86. The van der Waals surface area contributed by atoms with Crippen LogP contribution >= 0.6 is 0 Å².